The van der Waals surface area contributed by atoms with Crippen molar-refractivity contribution in [1.29, 1.82) is 0 Å². The Hall–Kier alpha value is -1.90. The van der Waals surface area contributed by atoms with Crippen molar-refractivity contribution in [2.45, 2.75) is 0 Å². The van der Waals surface area contributed by atoms with Crippen molar-refractivity contribution in [3.63, 3.8) is 0 Å². The molecule has 0 aliphatic rings. The zero-order valence-electron chi connectivity index (χ0n) is 7.31. The van der Waals surface area contributed by atoms with Gasteiger partial charge in [0.15, 0.2) is 0 Å². The minimum Gasteiger partial charge on any atom is -0.507 e. The molecule has 1 N–H and O–H groups in total. The third-order valence-electron chi connectivity index (χ3n) is 1.93. The molecule has 0 fully saturated rings. The first-order valence-electron chi connectivity index (χ1n) is 4.16. The summed E-state index contributed by atoms with van der Waals surface area (Å²) >= 11 is 0. The second-order valence-corrected chi connectivity index (χ2v) is 2.90. The van der Waals surface area contributed by atoms with Crippen LogP contribution in [-0.2, 0) is 0 Å². The third-order valence-corrected chi connectivity index (χ3v) is 1.93. The predicted molar refractivity (Wildman–Crippen MR) is 51.3 cm³/mol. The topological polar surface area (TPSA) is 33.1 Å². The molecule has 0 bridgehead atoms. The van der Waals surface area contributed by atoms with Gasteiger partial charge in [-0.3, -0.25) is 4.98 Å². The van der Waals surface area contributed by atoms with E-state index in [2.05, 4.69) is 4.98 Å². The van der Waals surface area contributed by atoms with E-state index in [1.807, 2.05) is 0 Å². The van der Waals surface area contributed by atoms with Gasteiger partial charge in [-0.1, -0.05) is 6.07 Å². The van der Waals surface area contributed by atoms with E-state index in [1.54, 1.807) is 24.5 Å². The molecule has 3 heteroatoms. The largest absolute Gasteiger partial charge is 0.507 e. The smallest absolute Gasteiger partial charge is 0.126 e. The summed E-state index contributed by atoms with van der Waals surface area (Å²) < 4.78 is 12.7. The second-order valence-electron chi connectivity index (χ2n) is 2.90. The van der Waals surface area contributed by atoms with Gasteiger partial charge < -0.3 is 5.11 Å². The molecule has 0 saturated carbocycles. The van der Waals surface area contributed by atoms with Crippen molar-refractivity contribution >= 4 is 0 Å². The molecule has 2 nitrogen and oxygen atoms in total. The molecule has 2 aromatic rings. The summed E-state index contributed by atoms with van der Waals surface area (Å²) in [7, 11) is 0. The summed E-state index contributed by atoms with van der Waals surface area (Å²) in [4.78, 5) is 3.92. The Morgan fingerprint density at radius 2 is 2.07 bits per heavy atom. The number of hydrogen-bond acceptors (Lipinski definition) is 2. The maximum absolute atomic E-state index is 12.7. The Labute approximate surface area is 80.7 Å². The standard InChI is InChI=1S/C11H8FNO/c12-9-3-4-10(11(14)6-9)8-2-1-5-13-7-8/h1-7,14H. The molecule has 0 aliphatic carbocycles. The van der Waals surface area contributed by atoms with Crippen LogP contribution < -0.4 is 0 Å². The molecule has 70 valence electrons. The molecule has 0 atom stereocenters. The highest BCUT2D eigenvalue weighted by molar-refractivity contribution is 5.68. The third kappa shape index (κ3) is 1.57. The number of hydrogen-bond donors (Lipinski definition) is 1. The zero-order valence-corrected chi connectivity index (χ0v) is 7.31. The van der Waals surface area contributed by atoms with Gasteiger partial charge >= 0.3 is 0 Å². The monoisotopic (exact) mass is 189 g/mol. The lowest BCUT2D eigenvalue weighted by Crippen LogP contribution is -1.81. The molecule has 1 aromatic heterocycles. The number of benzene rings is 1. The van der Waals surface area contributed by atoms with Gasteiger partial charge in [0.2, 0.25) is 0 Å². The van der Waals surface area contributed by atoms with Gasteiger partial charge in [0, 0.05) is 29.6 Å². The van der Waals surface area contributed by atoms with E-state index in [4.69, 9.17) is 0 Å². The van der Waals surface area contributed by atoms with Crippen LogP contribution in [-0.4, -0.2) is 10.1 Å². The lowest BCUT2D eigenvalue weighted by molar-refractivity contribution is 0.471. The minimum absolute atomic E-state index is 0.0713. The molecule has 0 amide bonds. The Morgan fingerprint density at radius 1 is 1.21 bits per heavy atom. The number of pyridine rings is 1. The first kappa shape index (κ1) is 8.69. The molecular weight excluding hydrogens is 181 g/mol. The van der Waals surface area contributed by atoms with Crippen LogP contribution in [0.15, 0.2) is 42.7 Å². The van der Waals surface area contributed by atoms with Gasteiger partial charge in [0.25, 0.3) is 0 Å². The number of aromatic nitrogens is 1. The van der Waals surface area contributed by atoms with Crippen LogP contribution >= 0.6 is 0 Å². The average molecular weight is 189 g/mol. The highest BCUT2D eigenvalue weighted by Gasteiger charge is 2.04. The fourth-order valence-corrected chi connectivity index (χ4v) is 1.27. The van der Waals surface area contributed by atoms with E-state index in [0.717, 1.165) is 11.6 Å². The Kier molecular flexibility index (Phi) is 2.14. The predicted octanol–water partition coefficient (Wildman–Crippen LogP) is 2.59. The first-order valence-corrected chi connectivity index (χ1v) is 4.16. The molecule has 2 rings (SSSR count). The first-order chi connectivity index (χ1) is 6.77. The molecule has 0 spiro atoms. The summed E-state index contributed by atoms with van der Waals surface area (Å²) in [5, 5.41) is 9.48. The number of nitrogens with zero attached hydrogens (tertiary/aromatic N) is 1. The molecule has 0 radical (unpaired) electrons. The summed E-state index contributed by atoms with van der Waals surface area (Å²) in [6.07, 6.45) is 3.26. The van der Waals surface area contributed by atoms with Gasteiger partial charge in [-0.25, -0.2) is 4.39 Å². The van der Waals surface area contributed by atoms with Gasteiger partial charge in [-0.15, -0.1) is 0 Å². The maximum atomic E-state index is 12.7. The minimum atomic E-state index is -0.449. The molecule has 0 saturated heterocycles. The quantitative estimate of drug-likeness (QED) is 0.747. The van der Waals surface area contributed by atoms with Crippen molar-refractivity contribution in [3.05, 3.63) is 48.5 Å². The second kappa shape index (κ2) is 3.46. The SMILES string of the molecule is Oc1cc(F)ccc1-c1cccnc1. The van der Waals surface area contributed by atoms with Gasteiger partial charge in [0.1, 0.15) is 11.6 Å². The fraction of sp³-hybridized carbons (Fsp3) is 0. The summed E-state index contributed by atoms with van der Waals surface area (Å²) in [6.45, 7) is 0. The molecule has 0 aliphatic heterocycles. The Bertz CT molecular complexity index is 442. The van der Waals surface area contributed by atoms with Gasteiger partial charge in [-0.2, -0.15) is 0 Å². The molecule has 1 aromatic carbocycles. The van der Waals surface area contributed by atoms with E-state index < -0.39 is 5.82 Å². The van der Waals surface area contributed by atoms with Crippen molar-refractivity contribution in [3.8, 4) is 16.9 Å². The van der Waals surface area contributed by atoms with Crippen LogP contribution in [0.25, 0.3) is 11.1 Å². The fourth-order valence-electron chi connectivity index (χ4n) is 1.27. The molecule has 1 heterocycles. The zero-order chi connectivity index (χ0) is 9.97. The number of halogens is 1. The lowest BCUT2D eigenvalue weighted by Gasteiger charge is -2.03. The lowest BCUT2D eigenvalue weighted by atomic mass is 10.1. The average Bonchev–Trinajstić information content (AvgIpc) is 2.19. The van der Waals surface area contributed by atoms with E-state index in [0.29, 0.717) is 5.56 Å². The van der Waals surface area contributed by atoms with Gasteiger partial charge in [-0.05, 0) is 18.2 Å². The molecular formula is C11H8FNO. The number of aromatic hydroxyl groups is 1. The van der Waals surface area contributed by atoms with Crippen LogP contribution in [0.1, 0.15) is 0 Å². The summed E-state index contributed by atoms with van der Waals surface area (Å²) in [5.74, 6) is -0.520. The van der Waals surface area contributed by atoms with Crippen LogP contribution in [0.2, 0.25) is 0 Å². The highest BCUT2D eigenvalue weighted by Crippen LogP contribution is 2.28. The van der Waals surface area contributed by atoms with E-state index in [9.17, 15) is 9.50 Å². The Balaban J connectivity index is 2.53. The molecule has 14 heavy (non-hydrogen) atoms. The number of phenols is 1. The number of rotatable bonds is 1. The van der Waals surface area contributed by atoms with Crippen LogP contribution in [0.5, 0.6) is 5.75 Å². The van der Waals surface area contributed by atoms with E-state index >= 15 is 0 Å². The van der Waals surface area contributed by atoms with Gasteiger partial charge in [0.05, 0.1) is 0 Å². The van der Waals surface area contributed by atoms with E-state index in [-0.39, 0.29) is 5.75 Å². The van der Waals surface area contributed by atoms with Crippen molar-refractivity contribution in [2.75, 3.05) is 0 Å². The van der Waals surface area contributed by atoms with Crippen LogP contribution in [0, 0.1) is 5.82 Å². The number of phenolic OH excluding ortho intramolecular Hbond substituents is 1. The normalized spacial score (nSPS) is 10.1. The van der Waals surface area contributed by atoms with Crippen molar-refractivity contribution in [1.82, 2.24) is 4.98 Å². The van der Waals surface area contributed by atoms with Crippen molar-refractivity contribution < 1.29 is 9.50 Å². The highest BCUT2D eigenvalue weighted by atomic mass is 19.1. The summed E-state index contributed by atoms with van der Waals surface area (Å²) in [6, 6.07) is 7.49. The van der Waals surface area contributed by atoms with Crippen LogP contribution in [0.4, 0.5) is 4.39 Å². The summed E-state index contributed by atoms with van der Waals surface area (Å²) in [5.41, 5.74) is 1.35. The van der Waals surface area contributed by atoms with Crippen LogP contribution in [0.3, 0.4) is 0 Å². The van der Waals surface area contributed by atoms with E-state index in [1.165, 1.54) is 12.1 Å². The Morgan fingerprint density at radius 3 is 2.71 bits per heavy atom. The molecule has 0 unspecified atom stereocenters. The van der Waals surface area contributed by atoms with Crippen molar-refractivity contribution in [2.24, 2.45) is 0 Å². The maximum Gasteiger partial charge on any atom is 0.126 e.